The molecular formula is C15H22Cl2N2. The lowest BCUT2D eigenvalue weighted by Gasteiger charge is -2.43. The van der Waals surface area contributed by atoms with Crippen LogP contribution in [0.3, 0.4) is 0 Å². The van der Waals surface area contributed by atoms with E-state index in [9.17, 15) is 0 Å². The van der Waals surface area contributed by atoms with Crippen molar-refractivity contribution in [1.82, 2.24) is 4.90 Å². The third-order valence-electron chi connectivity index (χ3n) is 3.76. The average molecular weight is 301 g/mol. The molecular weight excluding hydrogens is 279 g/mol. The molecule has 0 radical (unpaired) electrons. The van der Waals surface area contributed by atoms with Gasteiger partial charge in [0, 0.05) is 48.3 Å². The van der Waals surface area contributed by atoms with Crippen molar-refractivity contribution >= 4 is 28.9 Å². The van der Waals surface area contributed by atoms with E-state index in [-0.39, 0.29) is 5.54 Å². The van der Waals surface area contributed by atoms with Crippen LogP contribution in [0.2, 0.25) is 5.02 Å². The van der Waals surface area contributed by atoms with Gasteiger partial charge in [0.1, 0.15) is 0 Å². The summed E-state index contributed by atoms with van der Waals surface area (Å²) in [6, 6.07) is 5.97. The van der Waals surface area contributed by atoms with Crippen molar-refractivity contribution in [3.8, 4) is 0 Å². The lowest BCUT2D eigenvalue weighted by atomic mass is 10.0. The van der Waals surface area contributed by atoms with Crippen molar-refractivity contribution < 1.29 is 0 Å². The molecule has 19 heavy (non-hydrogen) atoms. The third kappa shape index (κ3) is 3.56. The molecule has 2 rings (SSSR count). The van der Waals surface area contributed by atoms with E-state index in [0.717, 1.165) is 36.8 Å². The number of nitrogens with zero attached hydrogens (tertiary/aromatic N) is 2. The van der Waals surface area contributed by atoms with Gasteiger partial charge in [-0.2, -0.15) is 0 Å². The average Bonchev–Trinajstić information content (AvgIpc) is 2.38. The molecule has 1 saturated heterocycles. The SMILES string of the molecule is CC(C)(C)N1CCN(c2cc(Cl)ccc2CCl)CC1. The van der Waals surface area contributed by atoms with Gasteiger partial charge in [-0.25, -0.2) is 0 Å². The van der Waals surface area contributed by atoms with Crippen LogP contribution >= 0.6 is 23.2 Å². The molecule has 1 heterocycles. The minimum absolute atomic E-state index is 0.246. The Morgan fingerprint density at radius 3 is 2.26 bits per heavy atom. The molecule has 0 saturated carbocycles. The van der Waals surface area contributed by atoms with Crippen LogP contribution in [-0.4, -0.2) is 36.6 Å². The zero-order chi connectivity index (χ0) is 14.0. The second-order valence-corrected chi connectivity index (χ2v) is 6.76. The quantitative estimate of drug-likeness (QED) is 0.762. The first-order valence-electron chi connectivity index (χ1n) is 6.76. The predicted octanol–water partition coefficient (Wildman–Crippen LogP) is 4.00. The number of alkyl halides is 1. The summed E-state index contributed by atoms with van der Waals surface area (Å²) in [5.41, 5.74) is 2.60. The normalized spacial score (nSPS) is 17.8. The molecule has 1 fully saturated rings. The van der Waals surface area contributed by atoms with Crippen LogP contribution in [0.5, 0.6) is 0 Å². The number of halogens is 2. The van der Waals surface area contributed by atoms with Gasteiger partial charge in [0.25, 0.3) is 0 Å². The second kappa shape index (κ2) is 5.90. The summed E-state index contributed by atoms with van der Waals surface area (Å²) in [5, 5.41) is 0.780. The Kier molecular flexibility index (Phi) is 4.65. The van der Waals surface area contributed by atoms with Gasteiger partial charge < -0.3 is 4.90 Å². The van der Waals surface area contributed by atoms with E-state index in [1.165, 1.54) is 5.69 Å². The lowest BCUT2D eigenvalue weighted by Crippen LogP contribution is -2.53. The number of anilines is 1. The van der Waals surface area contributed by atoms with E-state index in [2.05, 4.69) is 30.6 Å². The Morgan fingerprint density at radius 1 is 1.11 bits per heavy atom. The molecule has 1 aromatic rings. The molecule has 0 spiro atoms. The summed E-state index contributed by atoms with van der Waals surface area (Å²) in [6.45, 7) is 11.0. The Labute approximate surface area is 126 Å². The minimum atomic E-state index is 0.246. The van der Waals surface area contributed by atoms with Gasteiger partial charge in [-0.3, -0.25) is 4.90 Å². The molecule has 1 aromatic carbocycles. The fourth-order valence-electron chi connectivity index (χ4n) is 2.56. The highest BCUT2D eigenvalue weighted by atomic mass is 35.5. The summed E-state index contributed by atoms with van der Waals surface area (Å²) >= 11 is 12.1. The van der Waals surface area contributed by atoms with Gasteiger partial charge in [-0.1, -0.05) is 17.7 Å². The van der Waals surface area contributed by atoms with Crippen LogP contribution in [0, 0.1) is 0 Å². The maximum atomic E-state index is 6.11. The summed E-state index contributed by atoms with van der Waals surface area (Å²) in [5.74, 6) is 0.534. The van der Waals surface area contributed by atoms with E-state index in [4.69, 9.17) is 23.2 Å². The van der Waals surface area contributed by atoms with E-state index >= 15 is 0 Å². The Morgan fingerprint density at radius 2 is 1.74 bits per heavy atom. The highest BCUT2D eigenvalue weighted by Crippen LogP contribution is 2.28. The van der Waals surface area contributed by atoms with E-state index in [1.54, 1.807) is 0 Å². The summed E-state index contributed by atoms with van der Waals surface area (Å²) in [6.07, 6.45) is 0. The summed E-state index contributed by atoms with van der Waals surface area (Å²) < 4.78 is 0. The first kappa shape index (κ1) is 15.0. The van der Waals surface area contributed by atoms with Crippen LogP contribution in [0.15, 0.2) is 18.2 Å². The maximum Gasteiger partial charge on any atom is 0.0494 e. The first-order chi connectivity index (χ1) is 8.91. The van der Waals surface area contributed by atoms with Gasteiger partial charge >= 0.3 is 0 Å². The monoisotopic (exact) mass is 300 g/mol. The van der Waals surface area contributed by atoms with Crippen molar-refractivity contribution in [3.63, 3.8) is 0 Å². The summed E-state index contributed by atoms with van der Waals surface area (Å²) in [4.78, 5) is 4.92. The predicted molar refractivity (Wildman–Crippen MR) is 84.5 cm³/mol. The molecule has 106 valence electrons. The van der Waals surface area contributed by atoms with Gasteiger partial charge in [0.05, 0.1) is 0 Å². The molecule has 0 unspecified atom stereocenters. The number of benzene rings is 1. The Bertz CT molecular complexity index is 432. The molecule has 1 aliphatic rings. The zero-order valence-electron chi connectivity index (χ0n) is 11.9. The van der Waals surface area contributed by atoms with Crippen LogP contribution in [0.1, 0.15) is 26.3 Å². The molecule has 0 N–H and O–H groups in total. The minimum Gasteiger partial charge on any atom is -0.369 e. The van der Waals surface area contributed by atoms with Gasteiger partial charge in [0.15, 0.2) is 0 Å². The zero-order valence-corrected chi connectivity index (χ0v) is 13.4. The van der Waals surface area contributed by atoms with Crippen molar-refractivity contribution in [2.24, 2.45) is 0 Å². The topological polar surface area (TPSA) is 6.48 Å². The Hall–Kier alpha value is -0.440. The number of hydrogen-bond acceptors (Lipinski definition) is 2. The van der Waals surface area contributed by atoms with Gasteiger partial charge in [0.2, 0.25) is 0 Å². The van der Waals surface area contributed by atoms with Crippen LogP contribution in [-0.2, 0) is 5.88 Å². The van der Waals surface area contributed by atoms with Crippen molar-refractivity contribution in [3.05, 3.63) is 28.8 Å². The molecule has 0 aromatic heterocycles. The smallest absolute Gasteiger partial charge is 0.0494 e. The third-order valence-corrected chi connectivity index (χ3v) is 4.28. The number of hydrogen-bond donors (Lipinski definition) is 0. The molecule has 4 heteroatoms. The Balaban J connectivity index is 2.11. The van der Waals surface area contributed by atoms with E-state index < -0.39 is 0 Å². The molecule has 0 atom stereocenters. The number of piperazine rings is 1. The summed E-state index contributed by atoms with van der Waals surface area (Å²) in [7, 11) is 0. The first-order valence-corrected chi connectivity index (χ1v) is 7.67. The standard InChI is InChI=1S/C15H22Cl2N2/c1-15(2,3)19-8-6-18(7-9-19)14-10-13(17)5-4-12(14)11-16/h4-5,10H,6-9,11H2,1-3H3. The highest BCUT2D eigenvalue weighted by molar-refractivity contribution is 6.31. The van der Waals surface area contributed by atoms with Crippen LogP contribution in [0.25, 0.3) is 0 Å². The van der Waals surface area contributed by atoms with Crippen molar-refractivity contribution in [1.29, 1.82) is 0 Å². The lowest BCUT2D eigenvalue weighted by molar-refractivity contribution is 0.128. The molecule has 1 aliphatic heterocycles. The van der Waals surface area contributed by atoms with Crippen molar-refractivity contribution in [2.75, 3.05) is 31.1 Å². The van der Waals surface area contributed by atoms with Crippen LogP contribution < -0.4 is 4.90 Å². The largest absolute Gasteiger partial charge is 0.369 e. The highest BCUT2D eigenvalue weighted by Gasteiger charge is 2.26. The molecule has 0 amide bonds. The van der Waals surface area contributed by atoms with Crippen LogP contribution in [0.4, 0.5) is 5.69 Å². The van der Waals surface area contributed by atoms with Gasteiger partial charge in [-0.05, 0) is 38.5 Å². The van der Waals surface area contributed by atoms with Crippen molar-refractivity contribution in [2.45, 2.75) is 32.2 Å². The van der Waals surface area contributed by atoms with Gasteiger partial charge in [-0.15, -0.1) is 11.6 Å². The molecule has 0 aliphatic carbocycles. The molecule has 0 bridgehead atoms. The van der Waals surface area contributed by atoms with E-state index in [0.29, 0.717) is 5.88 Å². The fourth-order valence-corrected chi connectivity index (χ4v) is 2.95. The number of rotatable bonds is 2. The van der Waals surface area contributed by atoms with E-state index in [1.807, 2.05) is 18.2 Å². The maximum absolute atomic E-state index is 6.11. The fraction of sp³-hybridized carbons (Fsp3) is 0.600. The second-order valence-electron chi connectivity index (χ2n) is 6.05. The molecule has 2 nitrogen and oxygen atoms in total.